The third-order valence-corrected chi connectivity index (χ3v) is 1.80. The van der Waals surface area contributed by atoms with Crippen molar-refractivity contribution >= 4 is 10.9 Å². The number of aromatic nitrogens is 1. The van der Waals surface area contributed by atoms with Gasteiger partial charge in [-0.1, -0.05) is 18.2 Å². The first-order chi connectivity index (χ1) is 6.31. The lowest BCUT2D eigenvalue weighted by Crippen LogP contribution is -2.06. The minimum absolute atomic E-state index is 0.321. The number of H-pyrrole nitrogens is 1. The smallest absolute Gasteiger partial charge is 0.295 e. The van der Waals surface area contributed by atoms with Crippen LogP contribution < -0.4 is 10.5 Å². The third kappa shape index (κ3) is 1.26. The molecule has 0 saturated heterocycles. The molecule has 0 aliphatic rings. The van der Waals surface area contributed by atoms with E-state index in [1.165, 1.54) is 6.07 Å². The number of pyridine rings is 1. The van der Waals surface area contributed by atoms with Crippen LogP contribution in [-0.2, 0) is 0 Å². The summed E-state index contributed by atoms with van der Waals surface area (Å²) < 4.78 is 11.8. The van der Waals surface area contributed by atoms with Crippen molar-refractivity contribution in [3.05, 3.63) is 40.7 Å². The maximum atomic E-state index is 11.8. The van der Waals surface area contributed by atoms with Crippen molar-refractivity contribution < 1.29 is 9.47 Å². The van der Waals surface area contributed by atoms with Gasteiger partial charge in [-0.3, -0.25) is 9.74 Å². The van der Waals surface area contributed by atoms with Gasteiger partial charge in [-0.15, -0.1) is 0 Å². The van der Waals surface area contributed by atoms with E-state index in [1.54, 1.807) is 24.3 Å². The minimum Gasteiger partial charge on any atom is -0.319 e. The van der Waals surface area contributed by atoms with Crippen LogP contribution in [0.5, 0.6) is 5.75 Å². The molecule has 0 atom stereocenters. The SMILES string of the molecule is O=c1[nH]c2ccccc2cc1OF. The highest BCUT2D eigenvalue weighted by molar-refractivity contribution is 5.79. The Balaban J connectivity index is 2.81. The molecule has 1 aromatic carbocycles. The first-order valence-corrected chi connectivity index (χ1v) is 3.72. The number of nitrogens with one attached hydrogen (secondary N) is 1. The Hall–Kier alpha value is -1.84. The van der Waals surface area contributed by atoms with Crippen molar-refractivity contribution in [2.24, 2.45) is 0 Å². The molecule has 0 amide bonds. The fraction of sp³-hybridized carbons (Fsp3) is 0. The zero-order chi connectivity index (χ0) is 9.26. The molecule has 0 radical (unpaired) electrons. The van der Waals surface area contributed by atoms with E-state index in [9.17, 15) is 9.32 Å². The predicted octanol–water partition coefficient (Wildman–Crippen LogP) is 1.79. The van der Waals surface area contributed by atoms with Crippen LogP contribution in [0.3, 0.4) is 0 Å². The van der Waals surface area contributed by atoms with Gasteiger partial charge in [0.1, 0.15) is 0 Å². The lowest BCUT2D eigenvalue weighted by molar-refractivity contribution is -0.00782. The lowest BCUT2D eigenvalue weighted by Gasteiger charge is -1.97. The van der Waals surface area contributed by atoms with Crippen LogP contribution in [0, 0.1) is 0 Å². The van der Waals surface area contributed by atoms with Gasteiger partial charge in [0, 0.05) is 15.4 Å². The van der Waals surface area contributed by atoms with E-state index in [1.807, 2.05) is 0 Å². The van der Waals surface area contributed by atoms with E-state index >= 15 is 0 Å². The number of hydrogen-bond donors (Lipinski definition) is 1. The number of benzene rings is 1. The van der Waals surface area contributed by atoms with E-state index in [2.05, 4.69) is 9.93 Å². The Morgan fingerprint density at radius 3 is 2.85 bits per heavy atom. The standard InChI is InChI=1S/C9H6FNO2/c10-13-8-5-6-3-1-2-4-7(6)11-9(8)12/h1-5H,(H,11,12). The van der Waals surface area contributed by atoms with Crippen molar-refractivity contribution in [1.82, 2.24) is 4.98 Å². The van der Waals surface area contributed by atoms with Crippen molar-refractivity contribution in [2.45, 2.75) is 0 Å². The second-order valence-corrected chi connectivity index (χ2v) is 2.63. The number of hydrogen-bond acceptors (Lipinski definition) is 2. The zero-order valence-electron chi connectivity index (χ0n) is 6.58. The van der Waals surface area contributed by atoms with Crippen LogP contribution in [0.1, 0.15) is 0 Å². The first kappa shape index (κ1) is 7.79. The van der Waals surface area contributed by atoms with Crippen molar-refractivity contribution in [2.75, 3.05) is 0 Å². The Labute approximate surface area is 72.7 Å². The summed E-state index contributed by atoms with van der Waals surface area (Å²) in [5.41, 5.74) is 0.0921. The van der Waals surface area contributed by atoms with Gasteiger partial charge in [0.2, 0.25) is 5.75 Å². The van der Waals surface area contributed by atoms with Crippen LogP contribution in [0.2, 0.25) is 0 Å². The number of aromatic amines is 1. The highest BCUT2D eigenvalue weighted by Crippen LogP contribution is 2.13. The largest absolute Gasteiger partial charge is 0.319 e. The molecule has 2 rings (SSSR count). The molecule has 0 spiro atoms. The van der Waals surface area contributed by atoms with Crippen LogP contribution in [-0.4, -0.2) is 4.98 Å². The summed E-state index contributed by atoms with van der Waals surface area (Å²) in [6, 6.07) is 8.43. The van der Waals surface area contributed by atoms with E-state index in [0.717, 1.165) is 5.39 Å². The van der Waals surface area contributed by atoms with Crippen molar-refractivity contribution in [1.29, 1.82) is 0 Å². The molecule has 66 valence electrons. The summed E-state index contributed by atoms with van der Waals surface area (Å²) in [5.74, 6) is -0.321. The molecule has 1 N–H and O–H groups in total. The second-order valence-electron chi connectivity index (χ2n) is 2.63. The van der Waals surface area contributed by atoms with E-state index < -0.39 is 5.56 Å². The van der Waals surface area contributed by atoms with Gasteiger partial charge in [-0.25, -0.2) is 0 Å². The summed E-state index contributed by atoms with van der Waals surface area (Å²) in [6.45, 7) is 0. The molecule has 0 fully saturated rings. The van der Waals surface area contributed by atoms with E-state index in [0.29, 0.717) is 5.52 Å². The first-order valence-electron chi connectivity index (χ1n) is 3.72. The summed E-state index contributed by atoms with van der Waals surface area (Å²) in [4.78, 5) is 16.9. The molecule has 3 nitrogen and oxygen atoms in total. The summed E-state index contributed by atoms with van der Waals surface area (Å²) in [6.07, 6.45) is 0. The molecular weight excluding hydrogens is 173 g/mol. The number of para-hydroxylation sites is 1. The zero-order valence-corrected chi connectivity index (χ0v) is 6.58. The van der Waals surface area contributed by atoms with Gasteiger partial charge in [0.05, 0.1) is 0 Å². The molecule has 2 aromatic rings. The molecule has 0 bridgehead atoms. The van der Waals surface area contributed by atoms with Crippen LogP contribution in [0.25, 0.3) is 10.9 Å². The molecular formula is C9H6FNO2. The number of rotatable bonds is 1. The minimum atomic E-state index is -0.568. The van der Waals surface area contributed by atoms with E-state index in [4.69, 9.17) is 0 Å². The van der Waals surface area contributed by atoms with Gasteiger partial charge < -0.3 is 4.98 Å². The van der Waals surface area contributed by atoms with Gasteiger partial charge in [0.25, 0.3) is 5.56 Å². The molecule has 0 aliphatic carbocycles. The van der Waals surface area contributed by atoms with Crippen LogP contribution in [0.15, 0.2) is 35.1 Å². The Morgan fingerprint density at radius 1 is 1.31 bits per heavy atom. The van der Waals surface area contributed by atoms with Gasteiger partial charge >= 0.3 is 0 Å². The summed E-state index contributed by atoms with van der Waals surface area (Å²) in [7, 11) is 0. The van der Waals surface area contributed by atoms with Gasteiger partial charge in [0.15, 0.2) is 0 Å². The fourth-order valence-electron chi connectivity index (χ4n) is 1.18. The maximum Gasteiger partial charge on any atom is 0.295 e. The van der Waals surface area contributed by atoms with E-state index in [-0.39, 0.29) is 5.75 Å². The molecule has 0 unspecified atom stereocenters. The molecule has 1 heterocycles. The molecule has 0 saturated carbocycles. The number of fused-ring (bicyclic) bond motifs is 1. The Kier molecular flexibility index (Phi) is 1.73. The average molecular weight is 179 g/mol. The van der Waals surface area contributed by atoms with Crippen LogP contribution in [0.4, 0.5) is 4.53 Å². The average Bonchev–Trinajstić information content (AvgIpc) is 2.17. The quantitative estimate of drug-likeness (QED) is 0.725. The second kappa shape index (κ2) is 2.90. The summed E-state index contributed by atoms with van der Waals surface area (Å²) in [5, 5.41) is 0.731. The highest BCUT2D eigenvalue weighted by atomic mass is 19.3. The highest BCUT2D eigenvalue weighted by Gasteiger charge is 2.02. The molecule has 1 aromatic heterocycles. The Morgan fingerprint density at radius 2 is 2.08 bits per heavy atom. The third-order valence-electron chi connectivity index (χ3n) is 1.80. The molecule has 13 heavy (non-hydrogen) atoms. The maximum absolute atomic E-state index is 11.8. The monoisotopic (exact) mass is 179 g/mol. The summed E-state index contributed by atoms with van der Waals surface area (Å²) >= 11 is 0. The van der Waals surface area contributed by atoms with Crippen molar-refractivity contribution in [3.63, 3.8) is 0 Å². The predicted molar refractivity (Wildman–Crippen MR) is 46.3 cm³/mol. The van der Waals surface area contributed by atoms with Gasteiger partial charge in [-0.2, -0.15) is 0 Å². The Bertz CT molecular complexity index is 492. The lowest BCUT2D eigenvalue weighted by atomic mass is 10.2. The normalized spacial score (nSPS) is 10.2. The number of halogens is 1. The van der Waals surface area contributed by atoms with Crippen molar-refractivity contribution in [3.8, 4) is 5.75 Å². The van der Waals surface area contributed by atoms with Crippen LogP contribution >= 0.6 is 0 Å². The molecule has 0 aliphatic heterocycles. The van der Waals surface area contributed by atoms with Gasteiger partial charge in [-0.05, 0) is 12.1 Å². The molecule has 4 heteroatoms. The topological polar surface area (TPSA) is 42.1 Å². The fourth-order valence-corrected chi connectivity index (χ4v) is 1.18.